The van der Waals surface area contributed by atoms with Crippen LogP contribution in [-0.4, -0.2) is 28.8 Å². The lowest BCUT2D eigenvalue weighted by molar-refractivity contribution is 0.383. The Morgan fingerprint density at radius 1 is 1.62 bits per heavy atom. The quantitative estimate of drug-likeness (QED) is 0.688. The van der Waals surface area contributed by atoms with Crippen molar-refractivity contribution in [3.63, 3.8) is 0 Å². The van der Waals surface area contributed by atoms with Gasteiger partial charge in [0.1, 0.15) is 6.07 Å². The molecule has 0 saturated carbocycles. The highest BCUT2D eigenvalue weighted by atomic mass is 15.3. The van der Waals surface area contributed by atoms with E-state index < -0.39 is 0 Å². The van der Waals surface area contributed by atoms with E-state index in [-0.39, 0.29) is 0 Å². The van der Waals surface area contributed by atoms with E-state index in [1.165, 1.54) is 0 Å². The Kier molecular flexibility index (Phi) is 3.04. The smallest absolute Gasteiger partial charge is 0.162 e. The maximum absolute atomic E-state index is 8.67. The normalized spacial score (nSPS) is 10.4. The van der Waals surface area contributed by atoms with Crippen LogP contribution in [0.15, 0.2) is 6.07 Å². The minimum Gasteiger partial charge on any atom is -0.304 e. The molecule has 0 aliphatic heterocycles. The van der Waals surface area contributed by atoms with E-state index in [1.54, 1.807) is 0 Å². The minimum atomic E-state index is 0.499. The van der Waals surface area contributed by atoms with E-state index in [4.69, 9.17) is 5.26 Å². The Balaban J connectivity index is 2.92. The molecule has 0 radical (unpaired) electrons. The molecular weight excluding hydrogens is 164 g/mol. The zero-order valence-electron chi connectivity index (χ0n) is 8.28. The Bertz CT molecular complexity index is 319. The predicted molar refractivity (Wildman–Crippen MR) is 50.0 cm³/mol. The summed E-state index contributed by atoms with van der Waals surface area (Å²) in [6, 6.07) is 3.88. The third kappa shape index (κ3) is 2.30. The lowest BCUT2D eigenvalue weighted by atomic mass is 10.3. The van der Waals surface area contributed by atoms with Crippen LogP contribution in [0.2, 0.25) is 0 Å². The van der Waals surface area contributed by atoms with Crippen LogP contribution in [0.3, 0.4) is 0 Å². The van der Waals surface area contributed by atoms with E-state index in [1.807, 2.05) is 37.8 Å². The number of nitrogens with zero attached hydrogens (tertiary/aromatic N) is 4. The topological polar surface area (TPSA) is 44.9 Å². The van der Waals surface area contributed by atoms with Crippen LogP contribution in [0.4, 0.5) is 0 Å². The van der Waals surface area contributed by atoms with Crippen molar-refractivity contribution in [1.29, 1.82) is 5.26 Å². The largest absolute Gasteiger partial charge is 0.304 e. The van der Waals surface area contributed by atoms with Crippen molar-refractivity contribution in [2.75, 3.05) is 14.1 Å². The summed E-state index contributed by atoms with van der Waals surface area (Å²) in [5.41, 5.74) is 1.59. The molecule has 13 heavy (non-hydrogen) atoms. The van der Waals surface area contributed by atoms with Gasteiger partial charge in [-0.1, -0.05) is 0 Å². The molecule has 0 spiro atoms. The number of hydrogen-bond acceptors (Lipinski definition) is 3. The van der Waals surface area contributed by atoms with Crippen LogP contribution in [-0.2, 0) is 13.1 Å². The average molecular weight is 178 g/mol. The van der Waals surface area contributed by atoms with Crippen LogP contribution < -0.4 is 0 Å². The van der Waals surface area contributed by atoms with Gasteiger partial charge in [0.15, 0.2) is 5.69 Å². The second-order valence-electron chi connectivity index (χ2n) is 3.19. The highest BCUT2D eigenvalue weighted by Gasteiger charge is 2.06. The van der Waals surface area contributed by atoms with E-state index in [0.717, 1.165) is 18.8 Å². The van der Waals surface area contributed by atoms with Gasteiger partial charge < -0.3 is 4.90 Å². The summed E-state index contributed by atoms with van der Waals surface area (Å²) in [7, 11) is 4.00. The summed E-state index contributed by atoms with van der Waals surface area (Å²) in [4.78, 5) is 2.06. The van der Waals surface area contributed by atoms with Crippen molar-refractivity contribution in [3.8, 4) is 6.07 Å². The summed E-state index contributed by atoms with van der Waals surface area (Å²) in [5, 5.41) is 12.8. The molecule has 0 unspecified atom stereocenters. The monoisotopic (exact) mass is 178 g/mol. The first-order chi connectivity index (χ1) is 6.17. The second-order valence-corrected chi connectivity index (χ2v) is 3.19. The molecule has 0 bridgehead atoms. The van der Waals surface area contributed by atoms with Gasteiger partial charge in [0.05, 0.1) is 5.69 Å². The molecule has 0 fully saturated rings. The summed E-state index contributed by atoms with van der Waals surface area (Å²) in [5.74, 6) is 0. The molecule has 0 aliphatic rings. The third-order valence-corrected chi connectivity index (χ3v) is 1.76. The Morgan fingerprint density at radius 2 is 2.31 bits per heavy atom. The molecule has 0 N–H and O–H groups in total. The summed E-state index contributed by atoms with van der Waals surface area (Å²) < 4.78 is 1.86. The van der Waals surface area contributed by atoms with Crippen molar-refractivity contribution in [1.82, 2.24) is 14.7 Å². The molecule has 4 nitrogen and oxygen atoms in total. The van der Waals surface area contributed by atoms with Crippen LogP contribution in [0.1, 0.15) is 18.3 Å². The molecule has 0 atom stereocenters. The van der Waals surface area contributed by atoms with Crippen LogP contribution in [0.25, 0.3) is 0 Å². The lowest BCUT2D eigenvalue weighted by Gasteiger charge is -2.09. The molecule has 1 aromatic rings. The van der Waals surface area contributed by atoms with Gasteiger partial charge >= 0.3 is 0 Å². The van der Waals surface area contributed by atoms with Gasteiger partial charge in [-0.05, 0) is 27.1 Å². The average Bonchev–Trinajstić information content (AvgIpc) is 2.46. The highest BCUT2D eigenvalue weighted by molar-refractivity contribution is 5.22. The van der Waals surface area contributed by atoms with Crippen molar-refractivity contribution in [3.05, 3.63) is 17.5 Å². The van der Waals surface area contributed by atoms with E-state index >= 15 is 0 Å². The molecule has 1 heterocycles. The van der Waals surface area contributed by atoms with Crippen LogP contribution >= 0.6 is 0 Å². The molecule has 1 rings (SSSR count). The molecule has 0 aliphatic carbocycles. The van der Waals surface area contributed by atoms with E-state index in [0.29, 0.717) is 5.69 Å². The standard InChI is InChI=1S/C9H14N4/c1-4-13-9(7-12(2)3)5-8(6-10)11-13/h5H,4,7H2,1-3H3. The number of hydrogen-bond donors (Lipinski definition) is 0. The van der Waals surface area contributed by atoms with Gasteiger partial charge in [0.2, 0.25) is 0 Å². The van der Waals surface area contributed by atoms with Gasteiger partial charge in [-0.15, -0.1) is 0 Å². The summed E-state index contributed by atoms with van der Waals surface area (Å²) in [6.07, 6.45) is 0. The number of nitriles is 1. The fourth-order valence-corrected chi connectivity index (χ4v) is 1.24. The first kappa shape index (κ1) is 9.75. The van der Waals surface area contributed by atoms with Crippen molar-refractivity contribution < 1.29 is 0 Å². The SMILES string of the molecule is CCn1nc(C#N)cc1CN(C)C. The molecule has 4 heteroatoms. The lowest BCUT2D eigenvalue weighted by Crippen LogP contribution is -2.14. The second kappa shape index (κ2) is 4.06. The molecular formula is C9H14N4. The summed E-state index contributed by atoms with van der Waals surface area (Å²) >= 11 is 0. The van der Waals surface area contributed by atoms with Gasteiger partial charge in [-0.25, -0.2) is 0 Å². The first-order valence-electron chi connectivity index (χ1n) is 4.29. The Hall–Kier alpha value is -1.34. The predicted octanol–water partition coefficient (Wildman–Crippen LogP) is 0.836. The highest BCUT2D eigenvalue weighted by Crippen LogP contribution is 2.05. The van der Waals surface area contributed by atoms with Crippen LogP contribution in [0.5, 0.6) is 0 Å². The fraction of sp³-hybridized carbons (Fsp3) is 0.556. The minimum absolute atomic E-state index is 0.499. The fourth-order valence-electron chi connectivity index (χ4n) is 1.24. The molecule has 1 aromatic heterocycles. The van der Waals surface area contributed by atoms with Gasteiger partial charge in [-0.2, -0.15) is 10.4 Å². The maximum Gasteiger partial charge on any atom is 0.162 e. The molecule has 0 saturated heterocycles. The Morgan fingerprint density at radius 3 is 2.77 bits per heavy atom. The number of aryl methyl sites for hydroxylation is 1. The van der Waals surface area contributed by atoms with Crippen LogP contribution in [0, 0.1) is 11.3 Å². The van der Waals surface area contributed by atoms with E-state index in [9.17, 15) is 0 Å². The maximum atomic E-state index is 8.67. The van der Waals surface area contributed by atoms with Crippen molar-refractivity contribution in [2.45, 2.75) is 20.0 Å². The first-order valence-corrected chi connectivity index (χ1v) is 4.29. The van der Waals surface area contributed by atoms with Crippen molar-refractivity contribution in [2.24, 2.45) is 0 Å². The summed E-state index contributed by atoms with van der Waals surface area (Å²) in [6.45, 7) is 3.65. The zero-order valence-corrected chi connectivity index (χ0v) is 8.28. The number of aromatic nitrogens is 2. The van der Waals surface area contributed by atoms with Gasteiger partial charge in [-0.3, -0.25) is 4.68 Å². The molecule has 70 valence electrons. The molecule has 0 aromatic carbocycles. The number of rotatable bonds is 3. The Labute approximate surface area is 78.4 Å². The third-order valence-electron chi connectivity index (χ3n) is 1.76. The van der Waals surface area contributed by atoms with Gasteiger partial charge in [0.25, 0.3) is 0 Å². The zero-order chi connectivity index (χ0) is 9.84. The van der Waals surface area contributed by atoms with Crippen molar-refractivity contribution >= 4 is 0 Å². The molecule has 0 amide bonds. The van der Waals surface area contributed by atoms with Gasteiger partial charge in [0, 0.05) is 13.1 Å². The van der Waals surface area contributed by atoms with E-state index in [2.05, 4.69) is 10.00 Å².